The number of nitrogens with zero attached hydrogens (tertiary/aromatic N) is 2. The van der Waals surface area contributed by atoms with E-state index in [2.05, 4.69) is 36.0 Å². The van der Waals surface area contributed by atoms with E-state index in [1.54, 1.807) is 33.7 Å². The molecule has 2 bridgehead atoms. The SMILES string of the molecule is C=CCCOC(=O)[C@H]1[C@H]2C(=O)N([C@H](CO)c3ccccc3)C(C(=O)N(CC=C)CCCCC)C23CC(Br)[C@@H]1S3. The summed E-state index contributed by atoms with van der Waals surface area (Å²) in [6, 6.07) is 7.79. The number of esters is 1. The normalized spacial score (nSPS) is 29.7. The number of ether oxygens (including phenoxy) is 1. The van der Waals surface area contributed by atoms with Crippen molar-refractivity contribution in [3.8, 4) is 0 Å². The van der Waals surface area contributed by atoms with E-state index in [0.29, 0.717) is 25.9 Å². The number of alkyl halides is 1. The molecule has 1 aromatic carbocycles. The van der Waals surface area contributed by atoms with Crippen LogP contribution in [-0.4, -0.2) is 79.9 Å². The Kier molecular flexibility index (Phi) is 9.99. The number of likely N-dealkylation sites (tertiary alicyclic amines) is 1. The van der Waals surface area contributed by atoms with Gasteiger partial charge in [-0.25, -0.2) is 0 Å². The largest absolute Gasteiger partial charge is 0.465 e. The van der Waals surface area contributed by atoms with E-state index in [1.807, 2.05) is 30.3 Å². The van der Waals surface area contributed by atoms with Gasteiger partial charge in [0.2, 0.25) is 11.8 Å². The Hall–Kier alpha value is -2.10. The molecule has 1 N–H and O–H groups in total. The first-order chi connectivity index (χ1) is 18.9. The lowest BCUT2D eigenvalue weighted by molar-refractivity contribution is -0.154. The van der Waals surface area contributed by atoms with Gasteiger partial charge in [-0.2, -0.15) is 0 Å². The highest BCUT2D eigenvalue weighted by Gasteiger charge is 2.76. The fourth-order valence-corrected chi connectivity index (χ4v) is 10.1. The van der Waals surface area contributed by atoms with E-state index >= 15 is 0 Å². The van der Waals surface area contributed by atoms with Gasteiger partial charge in [-0.1, -0.05) is 78.2 Å². The monoisotopic (exact) mass is 618 g/mol. The van der Waals surface area contributed by atoms with Crippen molar-refractivity contribution >= 4 is 45.5 Å². The number of hydrogen-bond donors (Lipinski definition) is 1. The van der Waals surface area contributed by atoms with E-state index in [9.17, 15) is 19.5 Å². The van der Waals surface area contributed by atoms with Crippen LogP contribution in [0.1, 0.15) is 50.6 Å². The lowest BCUT2D eigenvalue weighted by Gasteiger charge is -2.40. The molecule has 3 fully saturated rings. The van der Waals surface area contributed by atoms with Crippen LogP contribution in [0.5, 0.6) is 0 Å². The van der Waals surface area contributed by atoms with E-state index in [4.69, 9.17) is 4.74 Å². The van der Waals surface area contributed by atoms with Gasteiger partial charge in [-0.3, -0.25) is 14.4 Å². The highest BCUT2D eigenvalue weighted by atomic mass is 79.9. The molecule has 0 saturated carbocycles. The Balaban J connectivity index is 1.79. The van der Waals surface area contributed by atoms with E-state index < -0.39 is 34.6 Å². The first-order valence-electron chi connectivity index (χ1n) is 13.8. The zero-order chi connectivity index (χ0) is 28.2. The zero-order valence-corrected chi connectivity index (χ0v) is 24.9. The third-order valence-electron chi connectivity index (χ3n) is 8.19. The molecule has 2 amide bonds. The molecule has 3 aliphatic rings. The topological polar surface area (TPSA) is 87.1 Å². The number of hydrogen-bond acceptors (Lipinski definition) is 6. The number of fused-ring (bicyclic) bond motifs is 1. The second-order valence-corrected chi connectivity index (χ2v) is 13.3. The first-order valence-corrected chi connectivity index (χ1v) is 15.6. The number of benzene rings is 1. The van der Waals surface area contributed by atoms with Crippen molar-refractivity contribution in [1.82, 2.24) is 9.80 Å². The van der Waals surface area contributed by atoms with Crippen molar-refractivity contribution in [2.75, 3.05) is 26.3 Å². The summed E-state index contributed by atoms with van der Waals surface area (Å²) in [5, 5.41) is 10.4. The molecule has 0 aromatic heterocycles. The van der Waals surface area contributed by atoms with Gasteiger partial charge in [0.15, 0.2) is 0 Å². The van der Waals surface area contributed by atoms with Crippen LogP contribution in [0.25, 0.3) is 0 Å². The fourth-order valence-electron chi connectivity index (χ4n) is 6.49. The minimum atomic E-state index is -0.824. The molecule has 0 aliphatic carbocycles. The average molecular weight is 620 g/mol. The molecule has 1 spiro atoms. The van der Waals surface area contributed by atoms with Gasteiger partial charge >= 0.3 is 5.97 Å². The second-order valence-electron chi connectivity index (χ2n) is 10.5. The van der Waals surface area contributed by atoms with Crippen molar-refractivity contribution in [2.24, 2.45) is 11.8 Å². The lowest BCUT2D eigenvalue weighted by atomic mass is 9.71. The number of carbonyl (C=O) groups excluding carboxylic acids is 3. The summed E-state index contributed by atoms with van der Waals surface area (Å²) >= 11 is 5.37. The molecule has 3 heterocycles. The van der Waals surface area contributed by atoms with Crippen LogP contribution in [-0.2, 0) is 19.1 Å². The molecule has 0 radical (unpaired) electrons. The minimum absolute atomic E-state index is 0.0454. The van der Waals surface area contributed by atoms with E-state index in [-0.39, 0.29) is 35.1 Å². The number of halogens is 1. The zero-order valence-electron chi connectivity index (χ0n) is 22.5. The van der Waals surface area contributed by atoms with Crippen LogP contribution >= 0.6 is 27.7 Å². The number of thioether (sulfide) groups is 1. The van der Waals surface area contributed by atoms with Crippen LogP contribution in [0.15, 0.2) is 55.6 Å². The summed E-state index contributed by atoms with van der Waals surface area (Å²) in [7, 11) is 0. The standard InChI is InChI=1S/C30H39BrN2O5S/c1-4-7-12-16-32(15-6-3)28(36)26-30-18-21(31)25(39-30)23(29(37)38-17-8-5-2)24(30)27(35)33(26)22(19-34)20-13-10-9-11-14-20/h5-6,9-11,13-14,21-26,34H,2-4,7-8,12,15-19H2,1H3/t21?,22-,23+,24+,25+,26?,30?/m1/s1. The summed E-state index contributed by atoms with van der Waals surface area (Å²) in [6.07, 6.45) is 7.37. The summed E-state index contributed by atoms with van der Waals surface area (Å²) < 4.78 is 4.80. The number of carbonyl (C=O) groups is 3. The summed E-state index contributed by atoms with van der Waals surface area (Å²) in [6.45, 7) is 10.5. The van der Waals surface area contributed by atoms with Gasteiger partial charge in [-0.15, -0.1) is 24.9 Å². The number of aliphatic hydroxyl groups is 1. The highest BCUT2D eigenvalue weighted by Crippen LogP contribution is 2.68. The van der Waals surface area contributed by atoms with E-state index in [1.165, 1.54) is 0 Å². The van der Waals surface area contributed by atoms with Crippen molar-refractivity contribution in [3.63, 3.8) is 0 Å². The van der Waals surface area contributed by atoms with Crippen LogP contribution in [0.3, 0.4) is 0 Å². The molecular formula is C30H39BrN2O5S. The third-order valence-corrected chi connectivity index (χ3v) is 11.4. The average Bonchev–Trinajstić information content (AvgIpc) is 3.53. The number of aliphatic hydroxyl groups excluding tert-OH is 1. The number of rotatable bonds is 14. The maximum Gasteiger partial charge on any atom is 0.310 e. The maximum absolute atomic E-state index is 14.5. The van der Waals surface area contributed by atoms with Gasteiger partial charge in [-0.05, 0) is 24.8 Å². The second kappa shape index (κ2) is 13.0. The van der Waals surface area contributed by atoms with Crippen LogP contribution < -0.4 is 0 Å². The Bertz CT molecular complexity index is 1070. The molecule has 3 aliphatic heterocycles. The quantitative estimate of drug-likeness (QED) is 0.143. The van der Waals surface area contributed by atoms with Crippen LogP contribution in [0.4, 0.5) is 0 Å². The predicted octanol–water partition coefficient (Wildman–Crippen LogP) is 4.51. The fraction of sp³-hybridized carbons (Fsp3) is 0.567. The van der Waals surface area contributed by atoms with Crippen molar-refractivity contribution < 1.29 is 24.2 Å². The Labute approximate surface area is 244 Å². The highest BCUT2D eigenvalue weighted by molar-refractivity contribution is 9.09. The molecule has 4 rings (SSSR count). The molecular weight excluding hydrogens is 580 g/mol. The molecule has 7 atom stereocenters. The van der Waals surface area contributed by atoms with Crippen molar-refractivity contribution in [3.05, 3.63) is 61.2 Å². The van der Waals surface area contributed by atoms with E-state index in [0.717, 1.165) is 24.8 Å². The maximum atomic E-state index is 14.5. The van der Waals surface area contributed by atoms with Gasteiger partial charge in [0.25, 0.3) is 0 Å². The molecule has 3 unspecified atom stereocenters. The smallest absolute Gasteiger partial charge is 0.310 e. The lowest BCUT2D eigenvalue weighted by Crippen LogP contribution is -2.56. The molecule has 3 saturated heterocycles. The summed E-state index contributed by atoms with van der Waals surface area (Å²) in [5.74, 6) is -2.19. The third kappa shape index (κ3) is 5.46. The van der Waals surface area contributed by atoms with Crippen molar-refractivity contribution in [1.29, 1.82) is 0 Å². The van der Waals surface area contributed by atoms with Crippen LogP contribution in [0, 0.1) is 11.8 Å². The minimum Gasteiger partial charge on any atom is -0.465 e. The van der Waals surface area contributed by atoms with Gasteiger partial charge < -0.3 is 19.6 Å². The Morgan fingerprint density at radius 3 is 2.67 bits per heavy atom. The van der Waals surface area contributed by atoms with Gasteiger partial charge in [0.1, 0.15) is 6.04 Å². The molecule has 9 heteroatoms. The Morgan fingerprint density at radius 1 is 1.28 bits per heavy atom. The number of amides is 2. The Morgan fingerprint density at radius 2 is 2.03 bits per heavy atom. The summed E-state index contributed by atoms with van der Waals surface area (Å²) in [4.78, 5) is 45.7. The molecule has 39 heavy (non-hydrogen) atoms. The van der Waals surface area contributed by atoms with Crippen LogP contribution in [0.2, 0.25) is 0 Å². The van der Waals surface area contributed by atoms with Gasteiger partial charge in [0.05, 0.1) is 35.8 Å². The molecule has 212 valence electrons. The van der Waals surface area contributed by atoms with Crippen molar-refractivity contribution in [2.45, 2.75) is 65.9 Å². The summed E-state index contributed by atoms with van der Waals surface area (Å²) in [5.41, 5.74) is 0.754. The molecule has 1 aromatic rings. The van der Waals surface area contributed by atoms with Gasteiger partial charge in [0, 0.05) is 23.2 Å². The first kappa shape index (κ1) is 29.9. The predicted molar refractivity (Wildman–Crippen MR) is 157 cm³/mol. The number of unbranched alkanes of at least 4 members (excludes halogenated alkanes) is 2. The molecule has 7 nitrogen and oxygen atoms in total.